The Labute approximate surface area is 138 Å². The molecule has 0 aliphatic carbocycles. The molecule has 2 aromatic carbocycles. The molecule has 0 saturated carbocycles. The van der Waals surface area contributed by atoms with Crippen LogP contribution in [0.1, 0.15) is 20.7 Å². The Morgan fingerprint density at radius 3 is 2.19 bits per heavy atom. The summed E-state index contributed by atoms with van der Waals surface area (Å²) in [6, 6.07) is 12.6. The summed E-state index contributed by atoms with van der Waals surface area (Å²) in [5, 5.41) is 3.08. The number of fused-ring (bicyclic) bond motifs is 1. The minimum absolute atomic E-state index is 0.144. The van der Waals surface area contributed by atoms with Crippen molar-refractivity contribution < 1.29 is 9.59 Å². The molecule has 1 aliphatic heterocycles. The molecular weight excluding hydrogens is 400 g/mol. The molecule has 2 aromatic rings. The third kappa shape index (κ3) is 2.73. The minimum atomic E-state index is -0.277. The van der Waals surface area contributed by atoms with Crippen molar-refractivity contribution in [2.45, 2.75) is 0 Å². The second-order valence-electron chi connectivity index (χ2n) is 4.57. The smallest absolute Gasteiger partial charge is 0.263 e. The van der Waals surface area contributed by atoms with Gasteiger partial charge in [-0.3, -0.25) is 14.5 Å². The number of imide groups is 1. The highest BCUT2D eigenvalue weighted by Gasteiger charge is 2.35. The first-order valence-electron chi connectivity index (χ1n) is 6.21. The lowest BCUT2D eigenvalue weighted by Crippen LogP contribution is -2.34. The number of hydrogen-bond donors (Lipinski definition) is 1. The topological polar surface area (TPSA) is 49.4 Å². The number of rotatable bonds is 3. The zero-order chi connectivity index (χ0) is 15.0. The molecule has 106 valence electrons. The van der Waals surface area contributed by atoms with Crippen molar-refractivity contribution in [3.63, 3.8) is 0 Å². The molecule has 0 fully saturated rings. The molecular formula is C15H10Br2N2O2. The zero-order valence-electron chi connectivity index (χ0n) is 10.8. The molecule has 1 aliphatic rings. The van der Waals surface area contributed by atoms with Crippen LogP contribution < -0.4 is 5.32 Å². The molecule has 1 heterocycles. The number of nitrogens with one attached hydrogen (secondary N) is 1. The number of hydrogen-bond acceptors (Lipinski definition) is 3. The summed E-state index contributed by atoms with van der Waals surface area (Å²) in [4.78, 5) is 25.7. The van der Waals surface area contributed by atoms with Crippen LogP contribution in [0.3, 0.4) is 0 Å². The number of nitrogens with zero attached hydrogens (tertiary/aromatic N) is 1. The van der Waals surface area contributed by atoms with Gasteiger partial charge in [-0.25, -0.2) is 0 Å². The van der Waals surface area contributed by atoms with E-state index in [0.29, 0.717) is 11.1 Å². The van der Waals surface area contributed by atoms with Gasteiger partial charge in [0.15, 0.2) is 0 Å². The van der Waals surface area contributed by atoms with E-state index in [1.165, 1.54) is 4.90 Å². The van der Waals surface area contributed by atoms with Gasteiger partial charge in [-0.15, -0.1) is 0 Å². The van der Waals surface area contributed by atoms with Gasteiger partial charge in [-0.2, -0.15) is 0 Å². The third-order valence-electron chi connectivity index (χ3n) is 3.22. The maximum absolute atomic E-state index is 12.3. The second kappa shape index (κ2) is 5.61. The molecule has 6 heteroatoms. The van der Waals surface area contributed by atoms with Crippen LogP contribution >= 0.6 is 31.9 Å². The molecule has 0 bridgehead atoms. The van der Waals surface area contributed by atoms with Crippen LogP contribution in [0.5, 0.6) is 0 Å². The summed E-state index contributed by atoms with van der Waals surface area (Å²) in [5.41, 5.74) is 1.73. The Balaban J connectivity index is 1.77. The molecule has 0 aromatic heterocycles. The molecule has 4 nitrogen and oxygen atoms in total. The summed E-state index contributed by atoms with van der Waals surface area (Å²) in [5.74, 6) is -0.548. The monoisotopic (exact) mass is 408 g/mol. The number of anilines is 1. The summed E-state index contributed by atoms with van der Waals surface area (Å²) in [6.07, 6.45) is 0. The largest absolute Gasteiger partial charge is 0.367 e. The Morgan fingerprint density at radius 1 is 0.857 bits per heavy atom. The van der Waals surface area contributed by atoms with Crippen LogP contribution in [-0.2, 0) is 0 Å². The van der Waals surface area contributed by atoms with Crippen LogP contribution in [0.4, 0.5) is 5.69 Å². The van der Waals surface area contributed by atoms with Crippen LogP contribution in [0.25, 0.3) is 0 Å². The van der Waals surface area contributed by atoms with Gasteiger partial charge in [0.1, 0.15) is 0 Å². The quantitative estimate of drug-likeness (QED) is 0.782. The minimum Gasteiger partial charge on any atom is -0.367 e. The van der Waals surface area contributed by atoms with Crippen molar-refractivity contribution in [1.82, 2.24) is 4.90 Å². The number of benzene rings is 2. The van der Waals surface area contributed by atoms with Gasteiger partial charge in [0.2, 0.25) is 0 Å². The molecule has 3 rings (SSSR count). The van der Waals surface area contributed by atoms with Crippen LogP contribution in [0, 0.1) is 0 Å². The molecule has 0 unspecified atom stereocenters. The van der Waals surface area contributed by atoms with E-state index in [9.17, 15) is 9.59 Å². The van der Waals surface area contributed by atoms with E-state index < -0.39 is 0 Å². The van der Waals surface area contributed by atoms with Gasteiger partial charge in [-0.1, -0.05) is 31.9 Å². The summed E-state index contributed by atoms with van der Waals surface area (Å²) >= 11 is 6.67. The van der Waals surface area contributed by atoms with Crippen molar-refractivity contribution in [1.29, 1.82) is 0 Å². The molecule has 2 amide bonds. The standard InChI is InChI=1S/C15H10Br2N2O2/c16-9-1-4-11(5-2-9)18-8-19-14(20)12-6-3-10(17)7-13(12)15(19)21/h1-7,18H,8H2. The highest BCUT2D eigenvalue weighted by molar-refractivity contribution is 9.10. The highest BCUT2D eigenvalue weighted by atomic mass is 79.9. The zero-order valence-corrected chi connectivity index (χ0v) is 13.9. The molecule has 0 radical (unpaired) electrons. The van der Waals surface area contributed by atoms with Gasteiger partial charge in [0.25, 0.3) is 11.8 Å². The van der Waals surface area contributed by atoms with E-state index in [1.54, 1.807) is 18.2 Å². The third-order valence-corrected chi connectivity index (χ3v) is 4.24. The van der Waals surface area contributed by atoms with E-state index in [1.807, 2.05) is 24.3 Å². The number of carbonyl (C=O) groups excluding carboxylic acids is 2. The summed E-state index contributed by atoms with van der Waals surface area (Å²) in [6.45, 7) is 0.144. The fourth-order valence-corrected chi connectivity index (χ4v) is 2.77. The molecule has 1 N–H and O–H groups in total. The number of halogens is 2. The predicted octanol–water partition coefficient (Wildman–Crippen LogP) is 3.88. The van der Waals surface area contributed by atoms with Crippen molar-refractivity contribution in [3.8, 4) is 0 Å². The van der Waals surface area contributed by atoms with Crippen LogP contribution in [-0.4, -0.2) is 23.4 Å². The first-order chi connectivity index (χ1) is 10.1. The Bertz CT molecular complexity index is 729. The van der Waals surface area contributed by atoms with Crippen LogP contribution in [0.15, 0.2) is 51.4 Å². The second-order valence-corrected chi connectivity index (χ2v) is 6.40. The average molecular weight is 410 g/mol. The van der Waals surface area contributed by atoms with Crippen molar-refractivity contribution in [2.24, 2.45) is 0 Å². The average Bonchev–Trinajstić information content (AvgIpc) is 2.70. The van der Waals surface area contributed by atoms with E-state index in [-0.39, 0.29) is 18.5 Å². The Kier molecular flexibility index (Phi) is 3.82. The Morgan fingerprint density at radius 2 is 1.48 bits per heavy atom. The van der Waals surface area contributed by atoms with E-state index in [4.69, 9.17) is 0 Å². The van der Waals surface area contributed by atoms with E-state index in [0.717, 1.165) is 14.6 Å². The van der Waals surface area contributed by atoms with Gasteiger partial charge >= 0.3 is 0 Å². The number of amides is 2. The molecule has 0 atom stereocenters. The van der Waals surface area contributed by atoms with Crippen LogP contribution in [0.2, 0.25) is 0 Å². The van der Waals surface area contributed by atoms with Crippen molar-refractivity contribution in [2.75, 3.05) is 12.0 Å². The van der Waals surface area contributed by atoms with Crippen molar-refractivity contribution in [3.05, 3.63) is 62.5 Å². The van der Waals surface area contributed by atoms with Crippen molar-refractivity contribution >= 4 is 49.4 Å². The van der Waals surface area contributed by atoms with E-state index >= 15 is 0 Å². The van der Waals surface area contributed by atoms with Gasteiger partial charge < -0.3 is 5.32 Å². The lowest BCUT2D eigenvalue weighted by Gasteiger charge is -2.15. The summed E-state index contributed by atoms with van der Waals surface area (Å²) in [7, 11) is 0. The maximum atomic E-state index is 12.3. The predicted molar refractivity (Wildman–Crippen MR) is 87.3 cm³/mol. The van der Waals surface area contributed by atoms with Gasteiger partial charge in [0.05, 0.1) is 17.8 Å². The first-order valence-corrected chi connectivity index (χ1v) is 7.80. The molecule has 21 heavy (non-hydrogen) atoms. The fourth-order valence-electron chi connectivity index (χ4n) is 2.14. The van der Waals surface area contributed by atoms with E-state index in [2.05, 4.69) is 37.2 Å². The molecule has 0 saturated heterocycles. The lowest BCUT2D eigenvalue weighted by atomic mass is 10.1. The van der Waals surface area contributed by atoms with Gasteiger partial charge in [-0.05, 0) is 42.5 Å². The summed E-state index contributed by atoms with van der Waals surface area (Å²) < 4.78 is 1.75. The highest BCUT2D eigenvalue weighted by Crippen LogP contribution is 2.26. The normalized spacial score (nSPS) is 13.5. The maximum Gasteiger partial charge on any atom is 0.263 e. The SMILES string of the molecule is O=C1c2ccc(Br)cc2C(=O)N1CNc1ccc(Br)cc1. The fraction of sp³-hybridized carbons (Fsp3) is 0.0667. The number of carbonyl (C=O) groups is 2. The van der Waals surface area contributed by atoms with Gasteiger partial charge in [0, 0.05) is 14.6 Å². The Hall–Kier alpha value is -1.66. The lowest BCUT2D eigenvalue weighted by molar-refractivity contribution is 0.0666. The first kappa shape index (κ1) is 14.3. The molecule has 0 spiro atoms.